The SMILES string of the molecule is COc1ccc(-c2noc(CC(=O)N3CCc4ccccc43)n2)cc1. The molecule has 1 aliphatic rings. The standard InChI is InChI=1S/C19H17N3O3/c1-24-15-8-6-14(7-9-15)19-20-17(25-21-19)12-18(23)22-11-10-13-4-2-3-5-16(13)22/h2-9H,10-12H2,1H3. The summed E-state index contributed by atoms with van der Waals surface area (Å²) in [6, 6.07) is 15.3. The summed E-state index contributed by atoms with van der Waals surface area (Å²) in [6.45, 7) is 0.692. The van der Waals surface area contributed by atoms with Crippen molar-refractivity contribution in [3.8, 4) is 17.1 Å². The van der Waals surface area contributed by atoms with Gasteiger partial charge in [-0.05, 0) is 42.3 Å². The van der Waals surface area contributed by atoms with E-state index < -0.39 is 0 Å². The molecule has 1 aromatic heterocycles. The molecule has 2 heterocycles. The quantitative estimate of drug-likeness (QED) is 0.733. The van der Waals surface area contributed by atoms with Crippen molar-refractivity contribution in [1.29, 1.82) is 0 Å². The number of aromatic nitrogens is 2. The lowest BCUT2D eigenvalue weighted by molar-refractivity contribution is -0.118. The lowest BCUT2D eigenvalue weighted by Crippen LogP contribution is -2.30. The Morgan fingerprint density at radius 1 is 1.20 bits per heavy atom. The van der Waals surface area contributed by atoms with E-state index in [9.17, 15) is 4.79 Å². The number of benzene rings is 2. The molecule has 0 radical (unpaired) electrons. The number of carbonyl (C=O) groups is 1. The topological polar surface area (TPSA) is 68.5 Å². The van der Waals surface area contributed by atoms with Gasteiger partial charge >= 0.3 is 0 Å². The van der Waals surface area contributed by atoms with Gasteiger partial charge in [-0.15, -0.1) is 0 Å². The van der Waals surface area contributed by atoms with E-state index in [1.807, 2.05) is 42.5 Å². The number of para-hydroxylation sites is 1. The first-order chi connectivity index (χ1) is 12.2. The Morgan fingerprint density at radius 3 is 2.80 bits per heavy atom. The highest BCUT2D eigenvalue weighted by Gasteiger charge is 2.25. The molecule has 0 bridgehead atoms. The first-order valence-corrected chi connectivity index (χ1v) is 8.10. The van der Waals surface area contributed by atoms with Gasteiger partial charge in [0.1, 0.15) is 12.2 Å². The van der Waals surface area contributed by atoms with Crippen LogP contribution in [0.25, 0.3) is 11.4 Å². The van der Waals surface area contributed by atoms with Crippen LogP contribution in [0.4, 0.5) is 5.69 Å². The highest BCUT2D eigenvalue weighted by atomic mass is 16.5. The fraction of sp³-hybridized carbons (Fsp3) is 0.211. The van der Waals surface area contributed by atoms with E-state index in [0.29, 0.717) is 18.3 Å². The van der Waals surface area contributed by atoms with Gasteiger partial charge in [0.25, 0.3) is 0 Å². The molecule has 6 nitrogen and oxygen atoms in total. The highest BCUT2D eigenvalue weighted by molar-refractivity contribution is 5.96. The van der Waals surface area contributed by atoms with E-state index in [1.165, 1.54) is 5.56 Å². The predicted molar refractivity (Wildman–Crippen MR) is 92.5 cm³/mol. The number of fused-ring (bicyclic) bond motifs is 1. The van der Waals surface area contributed by atoms with Crippen LogP contribution in [0, 0.1) is 0 Å². The minimum absolute atomic E-state index is 0.0325. The molecule has 6 heteroatoms. The Hall–Kier alpha value is -3.15. The molecule has 126 valence electrons. The number of nitrogens with zero attached hydrogens (tertiary/aromatic N) is 3. The first-order valence-electron chi connectivity index (χ1n) is 8.10. The van der Waals surface area contributed by atoms with Crippen molar-refractivity contribution in [1.82, 2.24) is 10.1 Å². The van der Waals surface area contributed by atoms with Crippen molar-refractivity contribution >= 4 is 11.6 Å². The van der Waals surface area contributed by atoms with Gasteiger partial charge in [-0.3, -0.25) is 4.79 Å². The maximum absolute atomic E-state index is 12.6. The van der Waals surface area contributed by atoms with Crippen molar-refractivity contribution in [2.75, 3.05) is 18.6 Å². The average Bonchev–Trinajstić information content (AvgIpc) is 3.28. The smallest absolute Gasteiger partial charge is 0.236 e. The molecular formula is C19H17N3O3. The number of methoxy groups -OCH3 is 1. The van der Waals surface area contributed by atoms with Crippen LogP contribution >= 0.6 is 0 Å². The third-order valence-corrected chi connectivity index (χ3v) is 4.31. The molecule has 0 spiro atoms. The molecule has 0 saturated carbocycles. The summed E-state index contributed by atoms with van der Waals surface area (Å²) >= 11 is 0. The Bertz CT molecular complexity index is 902. The summed E-state index contributed by atoms with van der Waals surface area (Å²) in [6.07, 6.45) is 0.973. The van der Waals surface area contributed by atoms with Gasteiger partial charge in [-0.2, -0.15) is 4.98 Å². The van der Waals surface area contributed by atoms with Crippen LogP contribution < -0.4 is 9.64 Å². The van der Waals surface area contributed by atoms with Crippen molar-refractivity contribution in [3.63, 3.8) is 0 Å². The zero-order valence-electron chi connectivity index (χ0n) is 13.8. The van der Waals surface area contributed by atoms with Crippen molar-refractivity contribution < 1.29 is 14.1 Å². The average molecular weight is 335 g/mol. The monoisotopic (exact) mass is 335 g/mol. The van der Waals surface area contributed by atoms with Crippen LogP contribution in [0.3, 0.4) is 0 Å². The van der Waals surface area contributed by atoms with E-state index in [1.54, 1.807) is 12.0 Å². The van der Waals surface area contributed by atoms with E-state index in [2.05, 4.69) is 16.2 Å². The first kappa shape index (κ1) is 15.4. The predicted octanol–water partition coefficient (Wildman–Crippen LogP) is 2.88. The summed E-state index contributed by atoms with van der Waals surface area (Å²) in [7, 11) is 1.61. The largest absolute Gasteiger partial charge is 0.497 e. The maximum Gasteiger partial charge on any atom is 0.236 e. The number of hydrogen-bond donors (Lipinski definition) is 0. The molecule has 4 rings (SSSR count). The maximum atomic E-state index is 12.6. The van der Waals surface area contributed by atoms with Crippen LogP contribution in [-0.4, -0.2) is 29.7 Å². The molecule has 1 amide bonds. The Balaban J connectivity index is 1.48. The fourth-order valence-corrected chi connectivity index (χ4v) is 3.01. The lowest BCUT2D eigenvalue weighted by atomic mass is 10.2. The molecule has 3 aromatic rings. The molecule has 0 saturated heterocycles. The Labute approximate surface area is 145 Å². The summed E-state index contributed by atoms with van der Waals surface area (Å²) in [5.74, 6) is 1.51. The second-order valence-electron chi connectivity index (χ2n) is 5.84. The summed E-state index contributed by atoms with van der Waals surface area (Å²) in [5.41, 5.74) is 2.98. The summed E-state index contributed by atoms with van der Waals surface area (Å²) in [4.78, 5) is 18.7. The van der Waals surface area contributed by atoms with E-state index >= 15 is 0 Å². The molecule has 0 fully saturated rings. The molecule has 2 aromatic carbocycles. The molecule has 0 unspecified atom stereocenters. The van der Waals surface area contributed by atoms with Gasteiger partial charge in [-0.1, -0.05) is 23.4 Å². The number of amides is 1. The lowest BCUT2D eigenvalue weighted by Gasteiger charge is -2.15. The van der Waals surface area contributed by atoms with Gasteiger partial charge in [0, 0.05) is 17.8 Å². The zero-order valence-corrected chi connectivity index (χ0v) is 13.8. The minimum Gasteiger partial charge on any atom is -0.497 e. The Kier molecular flexibility index (Phi) is 3.93. The van der Waals surface area contributed by atoms with Crippen LogP contribution in [0.2, 0.25) is 0 Å². The third-order valence-electron chi connectivity index (χ3n) is 4.31. The van der Waals surface area contributed by atoms with Crippen LogP contribution in [-0.2, 0) is 17.6 Å². The zero-order chi connectivity index (χ0) is 17.2. The van der Waals surface area contributed by atoms with E-state index in [4.69, 9.17) is 9.26 Å². The molecule has 0 aliphatic carbocycles. The number of ether oxygens (including phenoxy) is 1. The summed E-state index contributed by atoms with van der Waals surface area (Å²) in [5, 5.41) is 3.97. The minimum atomic E-state index is -0.0325. The number of carbonyl (C=O) groups excluding carboxylic acids is 1. The van der Waals surface area contributed by atoms with Gasteiger partial charge in [0.2, 0.25) is 17.6 Å². The van der Waals surface area contributed by atoms with Crippen molar-refractivity contribution in [2.45, 2.75) is 12.8 Å². The van der Waals surface area contributed by atoms with Gasteiger partial charge in [0.15, 0.2) is 0 Å². The van der Waals surface area contributed by atoms with Gasteiger partial charge < -0.3 is 14.2 Å². The van der Waals surface area contributed by atoms with Gasteiger partial charge in [0.05, 0.1) is 7.11 Å². The summed E-state index contributed by atoms with van der Waals surface area (Å²) < 4.78 is 10.4. The normalized spacial score (nSPS) is 12.9. The molecule has 0 atom stereocenters. The van der Waals surface area contributed by atoms with E-state index in [-0.39, 0.29) is 12.3 Å². The van der Waals surface area contributed by atoms with E-state index in [0.717, 1.165) is 23.4 Å². The van der Waals surface area contributed by atoms with Crippen LogP contribution in [0.5, 0.6) is 5.75 Å². The second-order valence-corrected chi connectivity index (χ2v) is 5.84. The van der Waals surface area contributed by atoms with Gasteiger partial charge in [-0.25, -0.2) is 0 Å². The second kappa shape index (κ2) is 6.39. The molecule has 25 heavy (non-hydrogen) atoms. The van der Waals surface area contributed by atoms with Crippen molar-refractivity contribution in [3.05, 3.63) is 60.0 Å². The number of anilines is 1. The van der Waals surface area contributed by atoms with Crippen LogP contribution in [0.15, 0.2) is 53.1 Å². The number of rotatable bonds is 4. The molecule has 1 aliphatic heterocycles. The fourth-order valence-electron chi connectivity index (χ4n) is 3.01. The Morgan fingerprint density at radius 2 is 2.00 bits per heavy atom. The van der Waals surface area contributed by atoms with Crippen molar-refractivity contribution in [2.24, 2.45) is 0 Å². The molecular weight excluding hydrogens is 318 g/mol. The highest BCUT2D eigenvalue weighted by Crippen LogP contribution is 2.28. The third kappa shape index (κ3) is 2.98. The molecule has 0 N–H and O–H groups in total. The van der Waals surface area contributed by atoms with Crippen LogP contribution in [0.1, 0.15) is 11.5 Å². The number of hydrogen-bond acceptors (Lipinski definition) is 5.